The maximum atomic E-state index is 4.30. The van der Waals surface area contributed by atoms with Crippen LogP contribution in [0.4, 0.5) is 0 Å². The summed E-state index contributed by atoms with van der Waals surface area (Å²) in [5.41, 5.74) is 0. The normalized spacial score (nSPS) is 22.9. The summed E-state index contributed by atoms with van der Waals surface area (Å²) < 4.78 is 2.00. The van der Waals surface area contributed by atoms with E-state index >= 15 is 0 Å². The molecule has 0 saturated heterocycles. The summed E-state index contributed by atoms with van der Waals surface area (Å²) in [5, 5.41) is 6.43. The molecule has 4 heteroatoms. The minimum absolute atomic E-state index is 0.398. The Bertz CT molecular complexity index is 170. The van der Waals surface area contributed by atoms with Crippen molar-refractivity contribution in [1.29, 1.82) is 0 Å². The van der Waals surface area contributed by atoms with E-state index in [0.29, 0.717) is 12.2 Å². The van der Waals surface area contributed by atoms with Crippen LogP contribution < -0.4 is 0 Å². The van der Waals surface area contributed by atoms with Gasteiger partial charge < -0.3 is 0 Å². The van der Waals surface area contributed by atoms with Crippen molar-refractivity contribution in [1.82, 2.24) is 8.93 Å². The third-order valence-electron chi connectivity index (χ3n) is 1.96. The van der Waals surface area contributed by atoms with E-state index in [1.165, 1.54) is 6.42 Å². The lowest BCUT2D eigenvalue weighted by Crippen LogP contribution is -2.38. The Labute approximate surface area is 82.8 Å². The van der Waals surface area contributed by atoms with Gasteiger partial charge in [0.05, 0.1) is 16.1 Å². The first-order valence-corrected chi connectivity index (χ1v) is 5.14. The Kier molecular flexibility index (Phi) is 3.38. The summed E-state index contributed by atoms with van der Waals surface area (Å²) in [6.07, 6.45) is 4.55. The van der Waals surface area contributed by atoms with E-state index in [1.54, 1.807) is 0 Å². The number of hydrazone groups is 1. The largest absolute Gasteiger partial charge is 0.274 e. The lowest BCUT2D eigenvalue weighted by atomic mass is 10.2. The van der Waals surface area contributed by atoms with Crippen LogP contribution in [0.3, 0.4) is 0 Å². The highest BCUT2D eigenvalue weighted by Crippen LogP contribution is 2.22. The predicted octanol–water partition coefficient (Wildman–Crippen LogP) is 2.39. The van der Waals surface area contributed by atoms with Gasteiger partial charge in [-0.15, -0.1) is 0 Å². The monoisotopic (exact) mass is 233 g/mol. The van der Waals surface area contributed by atoms with Crippen molar-refractivity contribution in [2.24, 2.45) is 5.10 Å². The SMILES string of the molecule is CCCC1N(Br)C=NN1C(C)C. The zero-order valence-electron chi connectivity index (χ0n) is 7.87. The Morgan fingerprint density at radius 2 is 2.25 bits per heavy atom. The van der Waals surface area contributed by atoms with Gasteiger partial charge in [0.2, 0.25) is 0 Å². The molecule has 0 radical (unpaired) electrons. The van der Waals surface area contributed by atoms with E-state index in [2.05, 4.69) is 47.0 Å². The fraction of sp³-hybridized carbons (Fsp3) is 0.875. The zero-order valence-corrected chi connectivity index (χ0v) is 9.45. The molecule has 1 heterocycles. The molecule has 0 N–H and O–H groups in total. The average molecular weight is 234 g/mol. The minimum Gasteiger partial charge on any atom is -0.274 e. The van der Waals surface area contributed by atoms with E-state index in [-0.39, 0.29) is 0 Å². The molecule has 0 saturated carbocycles. The molecule has 3 nitrogen and oxygen atoms in total. The predicted molar refractivity (Wildman–Crippen MR) is 54.9 cm³/mol. The van der Waals surface area contributed by atoms with Crippen LogP contribution >= 0.6 is 16.1 Å². The second kappa shape index (κ2) is 4.12. The van der Waals surface area contributed by atoms with Gasteiger partial charge in [-0.3, -0.25) is 8.93 Å². The molecular weight excluding hydrogens is 218 g/mol. The summed E-state index contributed by atoms with van der Waals surface area (Å²) >= 11 is 3.46. The van der Waals surface area contributed by atoms with Gasteiger partial charge in [-0.25, -0.2) is 0 Å². The molecule has 1 aliphatic heterocycles. The number of rotatable bonds is 3. The second-order valence-corrected chi connectivity index (χ2v) is 4.14. The first-order valence-electron chi connectivity index (χ1n) is 4.43. The molecule has 0 fully saturated rings. The quantitative estimate of drug-likeness (QED) is 0.698. The van der Waals surface area contributed by atoms with Crippen LogP contribution in [0.15, 0.2) is 5.10 Å². The summed E-state index contributed by atoms with van der Waals surface area (Å²) in [6, 6.07) is 0.473. The first-order chi connectivity index (χ1) is 5.66. The third kappa shape index (κ3) is 1.91. The van der Waals surface area contributed by atoms with Crippen LogP contribution in [0.1, 0.15) is 33.6 Å². The van der Waals surface area contributed by atoms with Crippen LogP contribution in [0.5, 0.6) is 0 Å². The highest BCUT2D eigenvalue weighted by Gasteiger charge is 2.27. The first kappa shape index (κ1) is 9.84. The lowest BCUT2D eigenvalue weighted by molar-refractivity contribution is 0.133. The zero-order chi connectivity index (χ0) is 9.14. The van der Waals surface area contributed by atoms with E-state index in [0.717, 1.165) is 6.42 Å². The van der Waals surface area contributed by atoms with Crippen LogP contribution in [0, 0.1) is 0 Å². The molecule has 0 spiro atoms. The summed E-state index contributed by atoms with van der Waals surface area (Å²) in [7, 11) is 0. The van der Waals surface area contributed by atoms with Gasteiger partial charge in [0.1, 0.15) is 12.5 Å². The highest BCUT2D eigenvalue weighted by atomic mass is 79.9. The topological polar surface area (TPSA) is 18.8 Å². The van der Waals surface area contributed by atoms with Crippen molar-refractivity contribution < 1.29 is 0 Å². The summed E-state index contributed by atoms with van der Waals surface area (Å²) in [5.74, 6) is 0. The van der Waals surface area contributed by atoms with Crippen molar-refractivity contribution in [2.75, 3.05) is 0 Å². The highest BCUT2D eigenvalue weighted by molar-refractivity contribution is 9.07. The smallest absolute Gasteiger partial charge is 0.130 e. The molecule has 1 atom stereocenters. The van der Waals surface area contributed by atoms with Crippen LogP contribution in [0.2, 0.25) is 0 Å². The maximum absolute atomic E-state index is 4.30. The molecule has 70 valence electrons. The Morgan fingerprint density at radius 3 is 2.75 bits per heavy atom. The van der Waals surface area contributed by atoms with E-state index in [9.17, 15) is 0 Å². The van der Waals surface area contributed by atoms with Crippen molar-refractivity contribution in [3.05, 3.63) is 0 Å². The fourth-order valence-corrected chi connectivity index (χ4v) is 1.84. The van der Waals surface area contributed by atoms with Gasteiger partial charge >= 0.3 is 0 Å². The molecule has 0 aromatic heterocycles. The van der Waals surface area contributed by atoms with Gasteiger partial charge in [-0.1, -0.05) is 13.3 Å². The van der Waals surface area contributed by atoms with E-state index in [4.69, 9.17) is 0 Å². The molecule has 0 amide bonds. The number of hydrogen-bond donors (Lipinski definition) is 0. The van der Waals surface area contributed by atoms with E-state index in [1.807, 2.05) is 10.3 Å². The van der Waals surface area contributed by atoms with Crippen molar-refractivity contribution in [3.8, 4) is 0 Å². The molecule has 1 unspecified atom stereocenters. The third-order valence-corrected chi connectivity index (χ3v) is 2.62. The molecule has 1 aliphatic rings. The van der Waals surface area contributed by atoms with Crippen LogP contribution in [-0.4, -0.2) is 27.5 Å². The van der Waals surface area contributed by atoms with Gasteiger partial charge in [-0.2, -0.15) is 5.10 Å². The molecule has 0 bridgehead atoms. The standard InChI is InChI=1S/C8H16BrN3/c1-4-5-8-11(9)6-10-12(8)7(2)3/h6-8H,4-5H2,1-3H3. The van der Waals surface area contributed by atoms with Gasteiger partial charge in [0.15, 0.2) is 0 Å². The Hall–Kier alpha value is -0.250. The summed E-state index contributed by atoms with van der Waals surface area (Å²) in [6.45, 7) is 6.51. The molecule has 12 heavy (non-hydrogen) atoms. The van der Waals surface area contributed by atoms with Gasteiger partial charge in [-0.05, 0) is 20.3 Å². The van der Waals surface area contributed by atoms with Crippen LogP contribution in [0.25, 0.3) is 0 Å². The minimum atomic E-state index is 0.398. The molecule has 0 aromatic carbocycles. The number of nitrogens with zero attached hydrogens (tertiary/aromatic N) is 3. The van der Waals surface area contributed by atoms with Crippen molar-refractivity contribution in [2.45, 2.75) is 45.8 Å². The molecule has 1 rings (SSSR count). The van der Waals surface area contributed by atoms with Crippen LogP contribution in [-0.2, 0) is 0 Å². The fourth-order valence-electron chi connectivity index (χ4n) is 1.37. The lowest BCUT2D eigenvalue weighted by Gasteiger charge is -2.29. The second-order valence-electron chi connectivity index (χ2n) is 3.32. The Balaban J connectivity index is 2.56. The van der Waals surface area contributed by atoms with Gasteiger partial charge in [0, 0.05) is 6.04 Å². The molecule has 0 aliphatic carbocycles. The Morgan fingerprint density at radius 1 is 1.58 bits per heavy atom. The van der Waals surface area contributed by atoms with E-state index < -0.39 is 0 Å². The molecule has 0 aromatic rings. The number of hydrogen-bond acceptors (Lipinski definition) is 3. The van der Waals surface area contributed by atoms with Crippen molar-refractivity contribution in [3.63, 3.8) is 0 Å². The number of halogens is 1. The maximum Gasteiger partial charge on any atom is 0.130 e. The summed E-state index contributed by atoms with van der Waals surface area (Å²) in [4.78, 5) is 0. The molecular formula is C8H16BrN3. The van der Waals surface area contributed by atoms with Crippen molar-refractivity contribution >= 4 is 22.5 Å². The van der Waals surface area contributed by atoms with Gasteiger partial charge in [0.25, 0.3) is 0 Å². The average Bonchev–Trinajstić information content (AvgIpc) is 2.34.